The molecule has 0 spiro atoms. The van der Waals surface area contributed by atoms with Gasteiger partial charge in [-0.25, -0.2) is 0 Å². The van der Waals surface area contributed by atoms with Crippen molar-refractivity contribution in [3.63, 3.8) is 0 Å². The summed E-state index contributed by atoms with van der Waals surface area (Å²) in [4.78, 5) is 0. The number of hydrogen-bond donors (Lipinski definition) is 1. The maximum Gasteiger partial charge on any atom is 0.119 e. The predicted molar refractivity (Wildman–Crippen MR) is 60.1 cm³/mol. The average molecular weight is 206 g/mol. The SMILES string of the molecule is CC(C)COc1ccc2c(c1)CCC2O. The molecule has 1 aromatic carbocycles. The Morgan fingerprint density at radius 3 is 3.00 bits per heavy atom. The topological polar surface area (TPSA) is 29.5 Å². The van der Waals surface area contributed by atoms with Crippen LogP contribution in [0.5, 0.6) is 5.75 Å². The number of rotatable bonds is 3. The molecular formula is C13H18O2. The normalized spacial score (nSPS) is 19.3. The molecule has 1 aliphatic carbocycles. The maximum atomic E-state index is 9.65. The lowest BCUT2D eigenvalue weighted by molar-refractivity contribution is 0.180. The second-order valence-electron chi connectivity index (χ2n) is 4.62. The minimum atomic E-state index is -0.265. The van der Waals surface area contributed by atoms with Gasteiger partial charge >= 0.3 is 0 Å². The number of fused-ring (bicyclic) bond motifs is 1. The quantitative estimate of drug-likeness (QED) is 0.824. The van der Waals surface area contributed by atoms with E-state index in [0.29, 0.717) is 5.92 Å². The van der Waals surface area contributed by atoms with E-state index in [-0.39, 0.29) is 6.10 Å². The van der Waals surface area contributed by atoms with Gasteiger partial charge in [0, 0.05) is 0 Å². The van der Waals surface area contributed by atoms with Gasteiger partial charge in [0.1, 0.15) is 5.75 Å². The van der Waals surface area contributed by atoms with E-state index < -0.39 is 0 Å². The molecule has 2 rings (SSSR count). The molecule has 15 heavy (non-hydrogen) atoms. The van der Waals surface area contributed by atoms with Crippen LogP contribution in [0.15, 0.2) is 18.2 Å². The third-order valence-corrected chi connectivity index (χ3v) is 2.74. The molecule has 1 aliphatic rings. The first kappa shape index (κ1) is 10.5. The van der Waals surface area contributed by atoms with Crippen LogP contribution in [-0.2, 0) is 6.42 Å². The van der Waals surface area contributed by atoms with Crippen molar-refractivity contribution in [2.75, 3.05) is 6.61 Å². The van der Waals surface area contributed by atoms with Gasteiger partial charge in [0.2, 0.25) is 0 Å². The zero-order chi connectivity index (χ0) is 10.8. The third-order valence-electron chi connectivity index (χ3n) is 2.74. The average Bonchev–Trinajstić information content (AvgIpc) is 2.57. The minimum absolute atomic E-state index is 0.265. The van der Waals surface area contributed by atoms with Crippen LogP contribution < -0.4 is 4.74 Å². The molecule has 0 aromatic heterocycles. The maximum absolute atomic E-state index is 9.65. The van der Waals surface area contributed by atoms with Crippen molar-refractivity contribution in [1.29, 1.82) is 0 Å². The van der Waals surface area contributed by atoms with Crippen molar-refractivity contribution in [3.05, 3.63) is 29.3 Å². The molecule has 0 bridgehead atoms. The Hall–Kier alpha value is -1.02. The van der Waals surface area contributed by atoms with Gasteiger partial charge < -0.3 is 9.84 Å². The summed E-state index contributed by atoms with van der Waals surface area (Å²) in [6.07, 6.45) is 1.55. The summed E-state index contributed by atoms with van der Waals surface area (Å²) in [5.41, 5.74) is 2.32. The molecular weight excluding hydrogens is 188 g/mol. The molecule has 2 heteroatoms. The molecule has 0 aliphatic heterocycles. The first-order valence-corrected chi connectivity index (χ1v) is 5.60. The van der Waals surface area contributed by atoms with Gasteiger partial charge in [-0.2, -0.15) is 0 Å². The molecule has 0 amide bonds. The Balaban J connectivity index is 2.09. The van der Waals surface area contributed by atoms with Gasteiger partial charge in [-0.05, 0) is 42.0 Å². The first-order chi connectivity index (χ1) is 7.16. The highest BCUT2D eigenvalue weighted by Crippen LogP contribution is 2.33. The summed E-state index contributed by atoms with van der Waals surface area (Å²) >= 11 is 0. The third kappa shape index (κ3) is 2.32. The van der Waals surface area contributed by atoms with E-state index in [1.165, 1.54) is 5.56 Å². The van der Waals surface area contributed by atoms with Gasteiger partial charge in [-0.1, -0.05) is 19.9 Å². The smallest absolute Gasteiger partial charge is 0.119 e. The van der Waals surface area contributed by atoms with Gasteiger partial charge in [0.15, 0.2) is 0 Å². The lowest BCUT2D eigenvalue weighted by Crippen LogP contribution is -2.04. The van der Waals surface area contributed by atoms with Crippen molar-refractivity contribution in [2.45, 2.75) is 32.8 Å². The Bertz CT molecular complexity index is 344. The van der Waals surface area contributed by atoms with Crippen LogP contribution in [0.2, 0.25) is 0 Å². The van der Waals surface area contributed by atoms with E-state index in [0.717, 1.165) is 30.8 Å². The van der Waals surface area contributed by atoms with Crippen LogP contribution in [0.4, 0.5) is 0 Å². The molecule has 2 nitrogen and oxygen atoms in total. The summed E-state index contributed by atoms with van der Waals surface area (Å²) in [6.45, 7) is 5.02. The number of aliphatic hydroxyl groups is 1. The lowest BCUT2D eigenvalue weighted by Gasteiger charge is -2.10. The summed E-state index contributed by atoms with van der Waals surface area (Å²) in [6, 6.07) is 6.01. The van der Waals surface area contributed by atoms with Gasteiger partial charge in [0.25, 0.3) is 0 Å². The highest BCUT2D eigenvalue weighted by Gasteiger charge is 2.20. The summed E-state index contributed by atoms with van der Waals surface area (Å²) in [5.74, 6) is 1.47. The molecule has 0 radical (unpaired) electrons. The van der Waals surface area contributed by atoms with E-state index in [1.54, 1.807) is 0 Å². The molecule has 0 heterocycles. The van der Waals surface area contributed by atoms with E-state index in [2.05, 4.69) is 19.9 Å². The molecule has 0 saturated carbocycles. The van der Waals surface area contributed by atoms with Crippen LogP contribution in [0.25, 0.3) is 0 Å². The zero-order valence-corrected chi connectivity index (χ0v) is 9.36. The fourth-order valence-electron chi connectivity index (χ4n) is 1.92. The minimum Gasteiger partial charge on any atom is -0.493 e. The Morgan fingerprint density at radius 1 is 1.47 bits per heavy atom. The van der Waals surface area contributed by atoms with Crippen molar-refractivity contribution >= 4 is 0 Å². The van der Waals surface area contributed by atoms with Crippen LogP contribution in [0.1, 0.15) is 37.5 Å². The molecule has 0 fully saturated rings. The highest BCUT2D eigenvalue weighted by atomic mass is 16.5. The number of benzene rings is 1. The fourth-order valence-corrected chi connectivity index (χ4v) is 1.92. The van der Waals surface area contributed by atoms with Crippen LogP contribution in [0.3, 0.4) is 0 Å². The fraction of sp³-hybridized carbons (Fsp3) is 0.538. The standard InChI is InChI=1S/C13H18O2/c1-9(2)8-15-11-4-5-12-10(7-11)3-6-13(12)14/h4-5,7,9,13-14H,3,6,8H2,1-2H3. The largest absolute Gasteiger partial charge is 0.493 e. The summed E-state index contributed by atoms with van der Waals surface area (Å²) in [5, 5.41) is 9.65. The molecule has 0 saturated heterocycles. The summed E-state index contributed by atoms with van der Waals surface area (Å²) in [7, 11) is 0. The molecule has 1 N–H and O–H groups in total. The van der Waals surface area contributed by atoms with E-state index >= 15 is 0 Å². The van der Waals surface area contributed by atoms with Crippen LogP contribution in [-0.4, -0.2) is 11.7 Å². The van der Waals surface area contributed by atoms with Crippen LogP contribution >= 0.6 is 0 Å². The van der Waals surface area contributed by atoms with Gasteiger partial charge in [0.05, 0.1) is 12.7 Å². The highest BCUT2D eigenvalue weighted by molar-refractivity contribution is 5.39. The first-order valence-electron chi connectivity index (χ1n) is 5.60. The Kier molecular flexibility index (Phi) is 2.96. The second kappa shape index (κ2) is 4.23. The number of aliphatic hydroxyl groups excluding tert-OH is 1. The Morgan fingerprint density at radius 2 is 2.27 bits per heavy atom. The van der Waals surface area contributed by atoms with E-state index in [9.17, 15) is 5.11 Å². The van der Waals surface area contributed by atoms with E-state index in [4.69, 9.17) is 4.74 Å². The van der Waals surface area contributed by atoms with Crippen molar-refractivity contribution < 1.29 is 9.84 Å². The van der Waals surface area contributed by atoms with E-state index in [1.807, 2.05) is 12.1 Å². The molecule has 1 aromatic rings. The molecule has 1 atom stereocenters. The van der Waals surface area contributed by atoms with Crippen molar-refractivity contribution in [3.8, 4) is 5.75 Å². The van der Waals surface area contributed by atoms with Crippen LogP contribution in [0, 0.1) is 5.92 Å². The number of aryl methyl sites for hydroxylation is 1. The van der Waals surface area contributed by atoms with Crippen molar-refractivity contribution in [2.24, 2.45) is 5.92 Å². The zero-order valence-electron chi connectivity index (χ0n) is 9.36. The lowest BCUT2D eigenvalue weighted by atomic mass is 10.1. The second-order valence-corrected chi connectivity index (χ2v) is 4.62. The molecule has 1 unspecified atom stereocenters. The number of hydrogen-bond acceptors (Lipinski definition) is 2. The van der Waals surface area contributed by atoms with Gasteiger partial charge in [-0.15, -0.1) is 0 Å². The van der Waals surface area contributed by atoms with Crippen molar-refractivity contribution in [1.82, 2.24) is 0 Å². The monoisotopic (exact) mass is 206 g/mol. The predicted octanol–water partition coefficient (Wildman–Crippen LogP) is 2.70. The summed E-state index contributed by atoms with van der Waals surface area (Å²) < 4.78 is 5.65. The molecule has 82 valence electrons. The Labute approximate surface area is 90.9 Å². The van der Waals surface area contributed by atoms with Gasteiger partial charge in [-0.3, -0.25) is 0 Å². The number of ether oxygens (including phenoxy) is 1.